The summed E-state index contributed by atoms with van der Waals surface area (Å²) in [5.41, 5.74) is 3.98. The largest absolute Gasteiger partial charge is 0.382 e. The highest BCUT2D eigenvalue weighted by molar-refractivity contribution is 5.53. The van der Waals surface area contributed by atoms with Crippen LogP contribution in [0, 0.1) is 19.8 Å². The Labute approximate surface area is 107 Å². The minimum atomic E-state index is 0.602. The second-order valence-corrected chi connectivity index (χ2v) is 5.32. The molecule has 0 saturated heterocycles. The molecule has 0 aliphatic heterocycles. The van der Waals surface area contributed by atoms with Gasteiger partial charge in [-0.05, 0) is 49.8 Å². The van der Waals surface area contributed by atoms with Gasteiger partial charge in [0.25, 0.3) is 0 Å². The highest BCUT2D eigenvalue weighted by Gasteiger charge is 2.11. The lowest BCUT2D eigenvalue weighted by molar-refractivity contribution is 0.461. The van der Waals surface area contributed by atoms with Crippen molar-refractivity contribution in [3.8, 4) is 0 Å². The third-order valence-corrected chi connectivity index (χ3v) is 3.63. The Morgan fingerprint density at radius 3 is 2.41 bits per heavy atom. The summed E-state index contributed by atoms with van der Waals surface area (Å²) in [6.07, 6.45) is 3.73. The summed E-state index contributed by atoms with van der Waals surface area (Å²) in [5, 5.41) is 3.70. The molecule has 0 fully saturated rings. The lowest BCUT2D eigenvalue weighted by Gasteiger charge is -2.22. The number of anilines is 1. The molecular weight excluding hydrogens is 206 g/mol. The molecule has 1 aromatic carbocycles. The zero-order valence-corrected chi connectivity index (χ0v) is 12.0. The molecular formula is C16H27N. The van der Waals surface area contributed by atoms with E-state index in [-0.39, 0.29) is 0 Å². The van der Waals surface area contributed by atoms with Gasteiger partial charge in [0.2, 0.25) is 0 Å². The SMILES string of the molecule is CCC(C)CC(CC)Nc1cc(C)ccc1C. The van der Waals surface area contributed by atoms with E-state index in [0.29, 0.717) is 6.04 Å². The standard InChI is InChI=1S/C16H27N/c1-6-12(3)10-15(7-2)17-16-11-13(4)8-9-14(16)5/h8-9,11-12,15,17H,6-7,10H2,1-5H3. The average molecular weight is 233 g/mol. The Kier molecular flexibility index (Phi) is 5.54. The molecule has 0 heterocycles. The van der Waals surface area contributed by atoms with Gasteiger partial charge >= 0.3 is 0 Å². The molecule has 2 atom stereocenters. The summed E-state index contributed by atoms with van der Waals surface area (Å²) in [6, 6.07) is 7.24. The minimum absolute atomic E-state index is 0.602. The predicted octanol–water partition coefficient (Wildman–Crippen LogP) is 4.93. The van der Waals surface area contributed by atoms with Gasteiger partial charge in [0.1, 0.15) is 0 Å². The van der Waals surface area contributed by atoms with Gasteiger partial charge in [0.15, 0.2) is 0 Å². The molecule has 0 aliphatic carbocycles. The molecule has 0 aromatic heterocycles. The lowest BCUT2D eigenvalue weighted by Crippen LogP contribution is -2.21. The van der Waals surface area contributed by atoms with Crippen molar-refractivity contribution in [2.24, 2.45) is 5.92 Å². The summed E-state index contributed by atoms with van der Waals surface area (Å²) in [5.74, 6) is 0.803. The fourth-order valence-electron chi connectivity index (χ4n) is 2.09. The molecule has 1 N–H and O–H groups in total. The van der Waals surface area contributed by atoms with E-state index in [1.165, 1.54) is 36.1 Å². The Morgan fingerprint density at radius 1 is 1.12 bits per heavy atom. The Hall–Kier alpha value is -0.980. The first-order valence-electron chi connectivity index (χ1n) is 6.90. The van der Waals surface area contributed by atoms with Crippen molar-refractivity contribution in [2.75, 3.05) is 5.32 Å². The molecule has 0 radical (unpaired) electrons. The van der Waals surface area contributed by atoms with E-state index in [9.17, 15) is 0 Å². The van der Waals surface area contributed by atoms with Crippen LogP contribution in [-0.4, -0.2) is 6.04 Å². The van der Waals surface area contributed by atoms with Crippen molar-refractivity contribution < 1.29 is 0 Å². The molecule has 96 valence electrons. The number of benzene rings is 1. The van der Waals surface area contributed by atoms with Crippen molar-refractivity contribution in [3.05, 3.63) is 29.3 Å². The molecule has 1 aromatic rings. The number of nitrogens with one attached hydrogen (secondary N) is 1. The van der Waals surface area contributed by atoms with Crippen LogP contribution in [-0.2, 0) is 0 Å². The molecule has 1 rings (SSSR count). The summed E-state index contributed by atoms with van der Waals surface area (Å²) >= 11 is 0. The maximum Gasteiger partial charge on any atom is 0.0374 e. The molecule has 0 amide bonds. The van der Waals surface area contributed by atoms with E-state index in [4.69, 9.17) is 0 Å². The molecule has 2 unspecified atom stereocenters. The maximum atomic E-state index is 3.70. The van der Waals surface area contributed by atoms with E-state index in [1.54, 1.807) is 0 Å². The van der Waals surface area contributed by atoms with E-state index >= 15 is 0 Å². The fraction of sp³-hybridized carbons (Fsp3) is 0.625. The topological polar surface area (TPSA) is 12.0 Å². The van der Waals surface area contributed by atoms with E-state index in [1.807, 2.05) is 0 Å². The van der Waals surface area contributed by atoms with Crippen molar-refractivity contribution in [3.63, 3.8) is 0 Å². The van der Waals surface area contributed by atoms with Crippen LogP contribution in [0.3, 0.4) is 0 Å². The van der Waals surface area contributed by atoms with Gasteiger partial charge in [-0.3, -0.25) is 0 Å². The molecule has 1 nitrogen and oxygen atoms in total. The number of aryl methyl sites for hydroxylation is 2. The Morgan fingerprint density at radius 2 is 1.82 bits per heavy atom. The summed E-state index contributed by atoms with van der Waals surface area (Å²) in [6.45, 7) is 11.2. The van der Waals surface area contributed by atoms with Gasteiger partial charge in [-0.15, -0.1) is 0 Å². The van der Waals surface area contributed by atoms with Crippen molar-refractivity contribution in [1.29, 1.82) is 0 Å². The van der Waals surface area contributed by atoms with Crippen LogP contribution >= 0.6 is 0 Å². The van der Waals surface area contributed by atoms with Gasteiger partial charge in [-0.1, -0.05) is 39.3 Å². The number of rotatable bonds is 6. The molecule has 0 aliphatic rings. The summed E-state index contributed by atoms with van der Waals surface area (Å²) in [4.78, 5) is 0. The first-order valence-corrected chi connectivity index (χ1v) is 6.90. The van der Waals surface area contributed by atoms with Crippen LogP contribution in [0.4, 0.5) is 5.69 Å². The van der Waals surface area contributed by atoms with E-state index in [2.05, 4.69) is 58.1 Å². The van der Waals surface area contributed by atoms with Crippen LogP contribution in [0.25, 0.3) is 0 Å². The maximum absolute atomic E-state index is 3.70. The first kappa shape index (κ1) is 14.1. The monoisotopic (exact) mass is 233 g/mol. The first-order chi connectivity index (χ1) is 8.06. The molecule has 1 heteroatoms. The molecule has 0 spiro atoms. The Balaban J connectivity index is 2.69. The number of hydrogen-bond acceptors (Lipinski definition) is 1. The van der Waals surface area contributed by atoms with E-state index in [0.717, 1.165) is 5.92 Å². The van der Waals surface area contributed by atoms with Gasteiger partial charge in [0, 0.05) is 11.7 Å². The van der Waals surface area contributed by atoms with Crippen molar-refractivity contribution >= 4 is 5.69 Å². The van der Waals surface area contributed by atoms with Crippen LogP contribution in [0.1, 0.15) is 51.2 Å². The lowest BCUT2D eigenvalue weighted by atomic mass is 9.97. The molecule has 17 heavy (non-hydrogen) atoms. The quantitative estimate of drug-likeness (QED) is 0.734. The van der Waals surface area contributed by atoms with Crippen LogP contribution in [0.15, 0.2) is 18.2 Å². The van der Waals surface area contributed by atoms with Crippen LogP contribution < -0.4 is 5.32 Å². The van der Waals surface area contributed by atoms with Gasteiger partial charge in [0.05, 0.1) is 0 Å². The van der Waals surface area contributed by atoms with Crippen LogP contribution in [0.2, 0.25) is 0 Å². The third-order valence-electron chi connectivity index (χ3n) is 3.63. The number of hydrogen-bond donors (Lipinski definition) is 1. The van der Waals surface area contributed by atoms with Crippen LogP contribution in [0.5, 0.6) is 0 Å². The van der Waals surface area contributed by atoms with E-state index < -0.39 is 0 Å². The normalized spacial score (nSPS) is 14.4. The third kappa shape index (κ3) is 4.41. The predicted molar refractivity (Wildman–Crippen MR) is 77.7 cm³/mol. The molecule has 0 saturated carbocycles. The smallest absolute Gasteiger partial charge is 0.0374 e. The second-order valence-electron chi connectivity index (χ2n) is 5.32. The summed E-state index contributed by atoms with van der Waals surface area (Å²) < 4.78 is 0. The summed E-state index contributed by atoms with van der Waals surface area (Å²) in [7, 11) is 0. The second kappa shape index (κ2) is 6.68. The van der Waals surface area contributed by atoms with Crippen molar-refractivity contribution in [1.82, 2.24) is 0 Å². The van der Waals surface area contributed by atoms with Crippen molar-refractivity contribution in [2.45, 2.75) is 59.9 Å². The molecule has 0 bridgehead atoms. The highest BCUT2D eigenvalue weighted by Crippen LogP contribution is 2.21. The Bertz CT molecular complexity index is 343. The average Bonchev–Trinajstić information content (AvgIpc) is 2.32. The zero-order chi connectivity index (χ0) is 12.8. The minimum Gasteiger partial charge on any atom is -0.382 e. The van der Waals surface area contributed by atoms with Gasteiger partial charge in [-0.2, -0.15) is 0 Å². The highest BCUT2D eigenvalue weighted by atomic mass is 14.9. The van der Waals surface area contributed by atoms with Gasteiger partial charge < -0.3 is 5.32 Å². The zero-order valence-electron chi connectivity index (χ0n) is 12.0. The van der Waals surface area contributed by atoms with Gasteiger partial charge in [-0.25, -0.2) is 0 Å². The fourth-order valence-corrected chi connectivity index (χ4v) is 2.09.